The molecule has 19 heavy (non-hydrogen) atoms. The van der Waals surface area contributed by atoms with Gasteiger partial charge in [0.15, 0.2) is 0 Å². The summed E-state index contributed by atoms with van der Waals surface area (Å²) in [7, 11) is 0. The normalized spacial score (nSPS) is 11.2. The molecule has 0 aliphatic rings. The minimum Gasteiger partial charge on any atom is -0.396 e. The Hall–Kier alpha value is -1.65. The van der Waals surface area contributed by atoms with Gasteiger partial charge in [-0.1, -0.05) is 13.8 Å². The zero-order valence-corrected chi connectivity index (χ0v) is 11.7. The van der Waals surface area contributed by atoms with E-state index in [0.717, 1.165) is 6.07 Å². The van der Waals surface area contributed by atoms with Crippen molar-refractivity contribution in [2.45, 2.75) is 33.7 Å². The molecule has 1 aromatic rings. The Balaban J connectivity index is 3.13. The van der Waals surface area contributed by atoms with E-state index in [0.29, 0.717) is 12.6 Å². The number of carbonyl (C=O) groups excluding carboxylic acids is 1. The molecular weight excluding hydrogens is 250 g/mol. The van der Waals surface area contributed by atoms with Crippen LogP contribution in [0.15, 0.2) is 12.1 Å². The molecule has 0 heterocycles. The van der Waals surface area contributed by atoms with Crippen LogP contribution in [0.1, 0.15) is 38.1 Å². The molecule has 5 heteroatoms. The third kappa shape index (κ3) is 3.66. The van der Waals surface area contributed by atoms with Gasteiger partial charge in [-0.2, -0.15) is 0 Å². The van der Waals surface area contributed by atoms with Crippen LogP contribution in [0.2, 0.25) is 0 Å². The third-order valence-corrected chi connectivity index (χ3v) is 2.76. The first kappa shape index (κ1) is 15.4. The topological polar surface area (TPSA) is 46.3 Å². The Morgan fingerprint density at radius 3 is 2.26 bits per heavy atom. The molecule has 106 valence electrons. The number of anilines is 1. The van der Waals surface area contributed by atoms with Crippen molar-refractivity contribution < 1.29 is 13.6 Å². The van der Waals surface area contributed by atoms with Gasteiger partial charge in [-0.3, -0.25) is 4.79 Å². The van der Waals surface area contributed by atoms with E-state index < -0.39 is 17.5 Å². The molecule has 1 aromatic carbocycles. The Morgan fingerprint density at radius 2 is 1.79 bits per heavy atom. The van der Waals surface area contributed by atoms with Gasteiger partial charge < -0.3 is 10.6 Å². The van der Waals surface area contributed by atoms with Crippen molar-refractivity contribution in [1.82, 2.24) is 4.90 Å². The van der Waals surface area contributed by atoms with Crippen LogP contribution in [0.5, 0.6) is 0 Å². The van der Waals surface area contributed by atoms with E-state index in [1.807, 2.05) is 27.7 Å². The monoisotopic (exact) mass is 270 g/mol. The number of nitrogens with zero attached hydrogens (tertiary/aromatic N) is 1. The van der Waals surface area contributed by atoms with E-state index in [1.54, 1.807) is 4.90 Å². The number of benzene rings is 1. The lowest BCUT2D eigenvalue weighted by molar-refractivity contribution is 0.0677. The number of carbonyl (C=O) groups is 1. The van der Waals surface area contributed by atoms with Crippen molar-refractivity contribution >= 4 is 11.6 Å². The van der Waals surface area contributed by atoms with E-state index >= 15 is 0 Å². The SMILES string of the molecule is CC(C)CN(C(=O)c1cc(N)c(F)cc1F)C(C)C. The Labute approximate surface area is 112 Å². The van der Waals surface area contributed by atoms with Crippen LogP contribution >= 0.6 is 0 Å². The van der Waals surface area contributed by atoms with Crippen LogP contribution in [0.25, 0.3) is 0 Å². The molecule has 2 N–H and O–H groups in total. The quantitative estimate of drug-likeness (QED) is 0.855. The Kier molecular flexibility index (Phi) is 4.86. The lowest BCUT2D eigenvalue weighted by Crippen LogP contribution is -2.40. The number of nitrogen functional groups attached to an aromatic ring is 1. The lowest BCUT2D eigenvalue weighted by atomic mass is 10.1. The molecule has 0 fully saturated rings. The molecule has 0 aromatic heterocycles. The molecule has 0 spiro atoms. The number of hydrogen-bond donors (Lipinski definition) is 1. The molecular formula is C14H20F2N2O. The second-order valence-corrected chi connectivity index (χ2v) is 5.30. The summed E-state index contributed by atoms with van der Waals surface area (Å²) in [6, 6.07) is 1.64. The molecule has 1 amide bonds. The molecule has 0 aliphatic carbocycles. The summed E-state index contributed by atoms with van der Waals surface area (Å²) in [6.07, 6.45) is 0. The van der Waals surface area contributed by atoms with Crippen molar-refractivity contribution in [3.63, 3.8) is 0 Å². The first-order valence-corrected chi connectivity index (χ1v) is 6.29. The number of rotatable bonds is 4. The number of nitrogens with two attached hydrogens (primary N) is 1. The van der Waals surface area contributed by atoms with Crippen molar-refractivity contribution in [3.8, 4) is 0 Å². The Bertz CT molecular complexity index is 473. The molecule has 0 atom stereocenters. The van der Waals surface area contributed by atoms with Gasteiger partial charge in [0.2, 0.25) is 0 Å². The standard InChI is InChI=1S/C14H20F2N2O/c1-8(2)7-18(9(3)4)14(19)10-5-13(17)12(16)6-11(10)15/h5-6,8-9H,7,17H2,1-4H3. The highest BCUT2D eigenvalue weighted by Gasteiger charge is 2.23. The van der Waals surface area contributed by atoms with Gasteiger partial charge >= 0.3 is 0 Å². The highest BCUT2D eigenvalue weighted by atomic mass is 19.1. The zero-order valence-electron chi connectivity index (χ0n) is 11.7. The highest BCUT2D eigenvalue weighted by Crippen LogP contribution is 2.19. The molecule has 0 saturated carbocycles. The van der Waals surface area contributed by atoms with E-state index in [1.165, 1.54) is 0 Å². The maximum absolute atomic E-state index is 13.7. The largest absolute Gasteiger partial charge is 0.396 e. The molecule has 0 saturated heterocycles. The first-order chi connectivity index (χ1) is 8.73. The summed E-state index contributed by atoms with van der Waals surface area (Å²) in [5.41, 5.74) is 4.98. The van der Waals surface area contributed by atoms with Gasteiger partial charge in [-0.25, -0.2) is 8.78 Å². The Morgan fingerprint density at radius 1 is 1.21 bits per heavy atom. The summed E-state index contributed by atoms with van der Waals surface area (Å²) >= 11 is 0. The maximum Gasteiger partial charge on any atom is 0.257 e. The summed E-state index contributed by atoms with van der Waals surface area (Å²) in [4.78, 5) is 13.9. The van der Waals surface area contributed by atoms with E-state index in [-0.39, 0.29) is 23.2 Å². The molecule has 0 radical (unpaired) electrons. The molecule has 0 aliphatic heterocycles. The van der Waals surface area contributed by atoms with Gasteiger partial charge in [-0.15, -0.1) is 0 Å². The predicted octanol–water partition coefficient (Wildman–Crippen LogP) is 3.05. The fourth-order valence-electron chi connectivity index (χ4n) is 1.81. The average molecular weight is 270 g/mol. The minimum atomic E-state index is -0.883. The van der Waals surface area contributed by atoms with Crippen molar-refractivity contribution in [3.05, 3.63) is 29.3 Å². The summed E-state index contributed by atoms with van der Waals surface area (Å²) in [5.74, 6) is -1.94. The second kappa shape index (κ2) is 5.99. The minimum absolute atomic E-state index is 0.0689. The van der Waals surface area contributed by atoms with Crippen molar-refractivity contribution in [1.29, 1.82) is 0 Å². The van der Waals surface area contributed by atoms with Crippen molar-refractivity contribution in [2.75, 3.05) is 12.3 Å². The van der Waals surface area contributed by atoms with E-state index in [9.17, 15) is 13.6 Å². The fraction of sp³-hybridized carbons (Fsp3) is 0.500. The maximum atomic E-state index is 13.7. The van der Waals surface area contributed by atoms with Crippen LogP contribution in [-0.2, 0) is 0 Å². The predicted molar refractivity (Wildman–Crippen MR) is 71.8 cm³/mol. The molecule has 3 nitrogen and oxygen atoms in total. The third-order valence-electron chi connectivity index (χ3n) is 2.76. The van der Waals surface area contributed by atoms with Gasteiger partial charge in [0.1, 0.15) is 11.6 Å². The van der Waals surface area contributed by atoms with E-state index in [4.69, 9.17) is 5.73 Å². The van der Waals surface area contributed by atoms with Gasteiger partial charge in [0, 0.05) is 18.7 Å². The van der Waals surface area contributed by atoms with Crippen LogP contribution in [0, 0.1) is 17.6 Å². The van der Waals surface area contributed by atoms with Crippen LogP contribution in [0.4, 0.5) is 14.5 Å². The second-order valence-electron chi connectivity index (χ2n) is 5.30. The number of halogens is 2. The fourth-order valence-corrected chi connectivity index (χ4v) is 1.81. The molecule has 0 unspecified atom stereocenters. The van der Waals surface area contributed by atoms with Gasteiger partial charge in [0.25, 0.3) is 5.91 Å². The van der Waals surface area contributed by atoms with Crippen LogP contribution in [0.3, 0.4) is 0 Å². The smallest absolute Gasteiger partial charge is 0.257 e. The summed E-state index contributed by atoms with van der Waals surface area (Å²) in [5, 5.41) is 0. The number of amides is 1. The van der Waals surface area contributed by atoms with E-state index in [2.05, 4.69) is 0 Å². The van der Waals surface area contributed by atoms with Gasteiger partial charge in [0.05, 0.1) is 11.3 Å². The summed E-state index contributed by atoms with van der Waals surface area (Å²) < 4.78 is 26.8. The first-order valence-electron chi connectivity index (χ1n) is 6.29. The van der Waals surface area contributed by atoms with Gasteiger partial charge in [-0.05, 0) is 25.8 Å². The lowest BCUT2D eigenvalue weighted by Gasteiger charge is -2.28. The molecule has 1 rings (SSSR count). The highest BCUT2D eigenvalue weighted by molar-refractivity contribution is 5.95. The number of hydrogen-bond acceptors (Lipinski definition) is 2. The zero-order chi connectivity index (χ0) is 14.7. The van der Waals surface area contributed by atoms with Crippen LogP contribution in [-0.4, -0.2) is 23.4 Å². The molecule has 0 bridgehead atoms. The van der Waals surface area contributed by atoms with Crippen molar-refractivity contribution in [2.24, 2.45) is 5.92 Å². The summed E-state index contributed by atoms with van der Waals surface area (Å²) in [6.45, 7) is 8.15. The average Bonchev–Trinajstić information content (AvgIpc) is 2.29. The van der Waals surface area contributed by atoms with Crippen LogP contribution < -0.4 is 5.73 Å².